The second-order valence-corrected chi connectivity index (χ2v) is 2.79. The molecular formula is H2CaCl2O7. The second kappa shape index (κ2) is 4.55. The Hall–Kier alpha value is 1.56. The first kappa shape index (κ1) is 14.1. The van der Waals surface area contributed by atoms with Crippen LogP contribution in [0.15, 0.2) is 0 Å². The summed E-state index contributed by atoms with van der Waals surface area (Å²) in [5.41, 5.74) is 0. The Labute approximate surface area is 89.3 Å². The number of rotatable bonds is 2. The van der Waals surface area contributed by atoms with Gasteiger partial charge in [-0.15, -0.1) is 0 Å². The largest absolute Gasteiger partial charge is 0.517 e. The molecule has 0 heterocycles. The first-order chi connectivity index (χ1) is 3.71. The predicted molar refractivity (Wildman–Crippen MR) is 9.63 cm³/mol. The van der Waals surface area contributed by atoms with Crippen molar-refractivity contribution in [2.24, 2.45) is 0 Å². The minimum absolute atomic E-state index is 0. The molecule has 10 heteroatoms. The summed E-state index contributed by atoms with van der Waals surface area (Å²) in [5, 5.41) is 0. The van der Waals surface area contributed by atoms with Crippen LogP contribution in [0.5, 0.6) is 0 Å². The molecule has 10 heavy (non-hydrogen) atoms. The molecular weight excluding hydrogens is 223 g/mol. The molecule has 0 amide bonds. The summed E-state index contributed by atoms with van der Waals surface area (Å²) in [6.45, 7) is 0. The molecule has 7 nitrogen and oxygen atoms in total. The van der Waals surface area contributed by atoms with Gasteiger partial charge in [-0.3, -0.25) is 0 Å². The fourth-order valence-electron chi connectivity index (χ4n) is 0.0875. The Kier molecular flexibility index (Phi) is 6.42. The van der Waals surface area contributed by atoms with Crippen molar-refractivity contribution in [3.05, 3.63) is 0 Å². The van der Waals surface area contributed by atoms with E-state index in [9.17, 15) is 28.0 Å². The molecule has 0 aromatic carbocycles. The number of halogens is 2. The van der Waals surface area contributed by atoms with Crippen LogP contribution in [-0.2, 0) is 3.84 Å². The molecule has 0 bridgehead atoms. The van der Waals surface area contributed by atoms with E-state index in [0.717, 1.165) is 0 Å². The Morgan fingerprint density at radius 1 is 0.700 bits per heavy atom. The molecule has 0 spiro atoms. The van der Waals surface area contributed by atoms with E-state index in [4.69, 9.17) is 0 Å². The molecule has 0 radical (unpaired) electrons. The van der Waals surface area contributed by atoms with Crippen molar-refractivity contribution in [2.45, 2.75) is 0 Å². The molecule has 0 fully saturated rings. The van der Waals surface area contributed by atoms with Gasteiger partial charge in [-0.05, 0) is 0 Å². The Balaban J connectivity index is 0. The van der Waals surface area contributed by atoms with Gasteiger partial charge >= 0.3 is 41.6 Å². The van der Waals surface area contributed by atoms with Gasteiger partial charge < -0.3 is 0 Å². The molecule has 0 rings (SSSR count). The molecule has 0 unspecified atom stereocenters. The summed E-state index contributed by atoms with van der Waals surface area (Å²) in [4.78, 5) is 0. The zero-order chi connectivity index (χ0) is 7.71. The zero-order valence-electron chi connectivity index (χ0n) is 3.61. The van der Waals surface area contributed by atoms with E-state index >= 15 is 0 Å². The molecule has 60 valence electrons. The van der Waals surface area contributed by atoms with Crippen molar-refractivity contribution in [1.82, 2.24) is 0 Å². The molecule has 0 aromatic heterocycles. The molecule has 0 atom stereocenters. The standard InChI is InChI=1S/Ca.Cl2O7.2H/c;3-1(4,5)9-2(6,7)8;;. The quantitative estimate of drug-likeness (QED) is 0.423. The van der Waals surface area contributed by atoms with Crippen molar-refractivity contribution in [2.75, 3.05) is 0 Å². The first-order valence-electron chi connectivity index (χ1n) is 1.23. The molecule has 0 saturated carbocycles. The maximum absolute atomic E-state index is 9.26. The van der Waals surface area contributed by atoms with E-state index in [1.165, 1.54) is 0 Å². The molecule has 0 saturated heterocycles. The molecule has 0 aromatic rings. The maximum atomic E-state index is 9.26. The summed E-state index contributed by atoms with van der Waals surface area (Å²) >= 11 is 0. The Morgan fingerprint density at radius 2 is 0.900 bits per heavy atom. The van der Waals surface area contributed by atoms with Crippen LogP contribution in [0.3, 0.4) is 0 Å². The van der Waals surface area contributed by atoms with Crippen molar-refractivity contribution in [3.8, 4) is 0 Å². The smallest absolute Gasteiger partial charge is 0.169 e. The van der Waals surface area contributed by atoms with E-state index in [-0.39, 0.29) is 37.7 Å². The van der Waals surface area contributed by atoms with Crippen LogP contribution in [-0.4, -0.2) is 37.7 Å². The average Bonchev–Trinajstić information content (AvgIpc) is 1.14. The van der Waals surface area contributed by atoms with E-state index in [1.54, 1.807) is 0 Å². The van der Waals surface area contributed by atoms with Crippen molar-refractivity contribution in [1.29, 1.82) is 0 Å². The van der Waals surface area contributed by atoms with Crippen LogP contribution in [0.25, 0.3) is 0 Å². The van der Waals surface area contributed by atoms with E-state index in [2.05, 4.69) is 3.84 Å². The average molecular weight is 225 g/mol. The minimum atomic E-state index is -5.19. The third kappa shape index (κ3) is 12.3. The van der Waals surface area contributed by atoms with Gasteiger partial charge in [0.1, 0.15) is 0 Å². The third-order valence-electron chi connectivity index (χ3n) is 0.143. The van der Waals surface area contributed by atoms with Gasteiger partial charge in [-0.2, -0.15) is 28.0 Å². The summed E-state index contributed by atoms with van der Waals surface area (Å²) < 4.78 is 57.9. The Morgan fingerprint density at radius 3 is 0.900 bits per heavy atom. The molecule has 0 N–H and O–H groups in total. The summed E-state index contributed by atoms with van der Waals surface area (Å²) in [7, 11) is -10.4. The van der Waals surface area contributed by atoms with Crippen LogP contribution >= 0.6 is 0 Å². The fourth-order valence-corrected chi connectivity index (χ4v) is 0.787. The zero-order valence-corrected chi connectivity index (χ0v) is 5.13. The normalized spacial score (nSPS) is 12.6. The second-order valence-electron chi connectivity index (χ2n) is 0.814. The van der Waals surface area contributed by atoms with Gasteiger partial charge in [-0.25, -0.2) is 0 Å². The topological polar surface area (TPSA) is 148 Å². The van der Waals surface area contributed by atoms with Crippen LogP contribution in [0.2, 0.25) is 0 Å². The Bertz CT molecular complexity index is 76.8. The van der Waals surface area contributed by atoms with Crippen molar-refractivity contribution >= 4 is 37.7 Å². The van der Waals surface area contributed by atoms with Gasteiger partial charge in [0.15, 0.2) is 0 Å². The van der Waals surface area contributed by atoms with E-state index in [1.807, 2.05) is 0 Å². The molecule has 0 aliphatic rings. The predicted octanol–water partition coefficient (Wildman–Crippen LogP) is -8.12. The van der Waals surface area contributed by atoms with Gasteiger partial charge in [0.25, 0.3) is 0 Å². The summed E-state index contributed by atoms with van der Waals surface area (Å²) in [5.74, 6) is 0. The third-order valence-corrected chi connectivity index (χ3v) is 1.29. The summed E-state index contributed by atoms with van der Waals surface area (Å²) in [6.07, 6.45) is 0. The summed E-state index contributed by atoms with van der Waals surface area (Å²) in [6, 6.07) is 0. The van der Waals surface area contributed by atoms with Crippen LogP contribution in [0, 0.1) is 20.5 Å². The molecule has 0 aliphatic carbocycles. The monoisotopic (exact) mass is 224 g/mol. The van der Waals surface area contributed by atoms with Crippen molar-refractivity contribution < 1.29 is 52.3 Å². The molecule has 0 aliphatic heterocycles. The van der Waals surface area contributed by atoms with Crippen LogP contribution in [0.1, 0.15) is 0 Å². The number of hydrogen-bond donors (Lipinski definition) is 0. The van der Waals surface area contributed by atoms with E-state index in [0.29, 0.717) is 0 Å². The van der Waals surface area contributed by atoms with Gasteiger partial charge in [0, 0.05) is 0 Å². The fraction of sp³-hybridized carbons (Fsp3) is 0. The van der Waals surface area contributed by atoms with E-state index < -0.39 is 20.5 Å². The van der Waals surface area contributed by atoms with Crippen LogP contribution < -0.4 is 28.0 Å². The minimum Gasteiger partial charge on any atom is -0.169 e. The van der Waals surface area contributed by atoms with Crippen LogP contribution in [0.4, 0.5) is 0 Å². The van der Waals surface area contributed by atoms with Gasteiger partial charge in [0.05, 0.1) is 0 Å². The number of hydrogen-bond acceptors (Lipinski definition) is 7. The first-order valence-corrected chi connectivity index (χ1v) is 3.70. The van der Waals surface area contributed by atoms with Crippen molar-refractivity contribution in [3.63, 3.8) is 0 Å². The van der Waals surface area contributed by atoms with Gasteiger partial charge in [0.2, 0.25) is 20.5 Å². The SMILES string of the molecule is [CaH2].[O-][Cl+3]([O-])([O-])O[Cl+3]([O-])([O-])[O-]. The maximum Gasteiger partial charge on any atom is 0.517 e. The van der Waals surface area contributed by atoms with Gasteiger partial charge in [-0.1, -0.05) is 0 Å².